The van der Waals surface area contributed by atoms with Crippen LogP contribution in [-0.4, -0.2) is 35.7 Å². The zero-order chi connectivity index (χ0) is 24.6. The summed E-state index contributed by atoms with van der Waals surface area (Å²) in [5, 5.41) is 13.5. The second-order valence-electron chi connectivity index (χ2n) is 11.2. The number of aromatic amines is 1. The highest BCUT2D eigenvalue weighted by Crippen LogP contribution is 2.47. The highest BCUT2D eigenvalue weighted by molar-refractivity contribution is 5.90. The third kappa shape index (κ3) is 3.39. The summed E-state index contributed by atoms with van der Waals surface area (Å²) in [4.78, 5) is 31.9. The molecule has 9 nitrogen and oxygen atoms in total. The van der Waals surface area contributed by atoms with E-state index in [1.165, 1.54) is 4.57 Å². The zero-order valence-electron chi connectivity index (χ0n) is 20.5. The molecule has 2 atom stereocenters. The van der Waals surface area contributed by atoms with Crippen molar-refractivity contribution in [2.45, 2.75) is 70.1 Å². The molecule has 0 spiro atoms. The Morgan fingerprint density at radius 3 is 2.50 bits per heavy atom. The van der Waals surface area contributed by atoms with Gasteiger partial charge < -0.3 is 26.7 Å². The Balaban J connectivity index is 1.63. The molecule has 1 aliphatic heterocycles. The van der Waals surface area contributed by atoms with Crippen molar-refractivity contribution < 1.29 is 0 Å². The third-order valence-electron chi connectivity index (χ3n) is 8.36. The molecule has 3 aliphatic rings. The van der Waals surface area contributed by atoms with Gasteiger partial charge in [-0.1, -0.05) is 0 Å². The highest BCUT2D eigenvalue weighted by atomic mass is 16.2. The fourth-order valence-electron chi connectivity index (χ4n) is 5.93. The minimum atomic E-state index is -0.897. The Labute approximate surface area is 199 Å². The van der Waals surface area contributed by atoms with Crippen LogP contribution in [0.25, 0.3) is 10.9 Å². The van der Waals surface area contributed by atoms with E-state index in [0.717, 1.165) is 49.2 Å². The summed E-state index contributed by atoms with van der Waals surface area (Å²) in [7, 11) is 1.91. The fraction of sp³-hybridized carbons (Fsp3) is 0.640. The Morgan fingerprint density at radius 2 is 1.94 bits per heavy atom. The number of nitriles is 1. The zero-order valence-corrected chi connectivity index (χ0v) is 20.5. The normalized spacial score (nSPS) is 23.7. The van der Waals surface area contributed by atoms with Gasteiger partial charge in [0.15, 0.2) is 0 Å². The molecule has 2 heterocycles. The third-order valence-corrected chi connectivity index (χ3v) is 8.36. The number of hydrogen-bond donors (Lipinski definition) is 4. The second kappa shape index (κ2) is 7.41. The number of rotatable bonds is 6. The summed E-state index contributed by atoms with van der Waals surface area (Å²) in [5.74, 6) is 0.296. The van der Waals surface area contributed by atoms with Crippen molar-refractivity contribution in [2.24, 2.45) is 22.8 Å². The number of nitrogens with two attached hydrogens (primary N) is 2. The van der Waals surface area contributed by atoms with Crippen LogP contribution in [0, 0.1) is 29.6 Å². The molecule has 1 aromatic carbocycles. The van der Waals surface area contributed by atoms with Gasteiger partial charge in [-0.15, -0.1) is 0 Å². The number of nitrogens with zero attached hydrogens (tertiary/aromatic N) is 3. The lowest BCUT2D eigenvalue weighted by molar-refractivity contribution is 0.253. The molecule has 3 fully saturated rings. The number of nitrogens with one attached hydrogen (secondary N) is 2. The first-order valence-electron chi connectivity index (χ1n) is 12.2. The number of aromatic nitrogens is 2. The predicted molar refractivity (Wildman–Crippen MR) is 133 cm³/mol. The second-order valence-corrected chi connectivity index (χ2v) is 11.2. The first-order chi connectivity index (χ1) is 16.0. The van der Waals surface area contributed by atoms with E-state index in [9.17, 15) is 14.9 Å². The van der Waals surface area contributed by atoms with Crippen LogP contribution in [0.15, 0.2) is 15.7 Å². The summed E-state index contributed by atoms with van der Waals surface area (Å²) in [5.41, 5.74) is 13.4. The molecule has 6 N–H and O–H groups in total. The number of aryl methyl sites for hydroxylation is 1. The fourth-order valence-corrected chi connectivity index (χ4v) is 5.93. The first kappa shape index (κ1) is 23.1. The average Bonchev–Trinajstić information content (AvgIpc) is 3.66. The summed E-state index contributed by atoms with van der Waals surface area (Å²) >= 11 is 0. The molecule has 9 heteroatoms. The van der Waals surface area contributed by atoms with Gasteiger partial charge in [-0.2, -0.15) is 5.26 Å². The largest absolute Gasteiger partial charge is 0.371 e. The minimum absolute atomic E-state index is 0.0540. The SMILES string of the molecule is CNC(C1CCN(c2cc(C3(N)CC3)c3c(=O)n(C4(N)CC4)c(=O)[nH]c3c2C)C1)C(C)(C)C#N. The molecule has 1 aromatic heterocycles. The van der Waals surface area contributed by atoms with Crippen molar-refractivity contribution in [1.82, 2.24) is 14.9 Å². The quantitative estimate of drug-likeness (QED) is 0.503. The molecule has 1 saturated heterocycles. The lowest BCUT2D eigenvalue weighted by atomic mass is 9.78. The van der Waals surface area contributed by atoms with Gasteiger partial charge in [0.2, 0.25) is 0 Å². The van der Waals surface area contributed by atoms with E-state index in [4.69, 9.17) is 11.5 Å². The van der Waals surface area contributed by atoms with E-state index in [0.29, 0.717) is 29.7 Å². The molecule has 34 heavy (non-hydrogen) atoms. The molecular formula is C25H35N7O2. The maximum atomic E-state index is 13.6. The van der Waals surface area contributed by atoms with Crippen molar-refractivity contribution in [3.05, 3.63) is 38.0 Å². The van der Waals surface area contributed by atoms with E-state index in [2.05, 4.69) is 27.3 Å². The van der Waals surface area contributed by atoms with Gasteiger partial charge in [-0.25, -0.2) is 9.36 Å². The minimum Gasteiger partial charge on any atom is -0.371 e. The number of H-pyrrole nitrogens is 1. The van der Waals surface area contributed by atoms with Crippen LogP contribution in [-0.2, 0) is 11.2 Å². The topological polar surface area (TPSA) is 146 Å². The van der Waals surface area contributed by atoms with E-state index < -0.39 is 22.3 Å². The van der Waals surface area contributed by atoms with Crippen LogP contribution >= 0.6 is 0 Å². The Hall–Kier alpha value is -2.67. The van der Waals surface area contributed by atoms with Gasteiger partial charge in [0.1, 0.15) is 5.66 Å². The number of hydrogen-bond acceptors (Lipinski definition) is 7. The van der Waals surface area contributed by atoms with Crippen LogP contribution in [0.2, 0.25) is 0 Å². The van der Waals surface area contributed by atoms with Crippen molar-refractivity contribution >= 4 is 16.6 Å². The Bertz CT molecular complexity index is 1320. The van der Waals surface area contributed by atoms with Gasteiger partial charge in [-0.3, -0.25) is 4.79 Å². The standard InChI is InChI=1S/C25H35N7O2/c1-14-17(31-10-5-15(12-31)20(29-4)23(2,3)13-26)11-16(24(27)6-7-24)18-19(14)30-22(34)32(21(18)33)25(28)8-9-25/h11,15,20,29H,5-10,12,27-28H2,1-4H3,(H,30,34). The van der Waals surface area contributed by atoms with Crippen molar-refractivity contribution in [3.63, 3.8) is 0 Å². The molecule has 0 bridgehead atoms. The molecule has 182 valence electrons. The van der Waals surface area contributed by atoms with Gasteiger partial charge >= 0.3 is 5.69 Å². The van der Waals surface area contributed by atoms with Gasteiger partial charge in [0.05, 0.1) is 22.4 Å². The van der Waals surface area contributed by atoms with Crippen LogP contribution in [0.3, 0.4) is 0 Å². The van der Waals surface area contributed by atoms with Crippen LogP contribution in [0.4, 0.5) is 5.69 Å². The number of benzene rings is 1. The maximum absolute atomic E-state index is 13.6. The smallest absolute Gasteiger partial charge is 0.330 e. The monoisotopic (exact) mass is 465 g/mol. The number of anilines is 1. The predicted octanol–water partition coefficient (Wildman–Crippen LogP) is 1.32. The molecule has 0 amide bonds. The van der Waals surface area contributed by atoms with E-state index in [1.807, 2.05) is 27.8 Å². The van der Waals surface area contributed by atoms with Crippen molar-refractivity contribution in [3.8, 4) is 6.07 Å². The summed E-state index contributed by atoms with van der Waals surface area (Å²) in [6.45, 7) is 7.52. The van der Waals surface area contributed by atoms with Gasteiger partial charge in [0.25, 0.3) is 5.56 Å². The molecule has 2 unspecified atom stereocenters. The summed E-state index contributed by atoms with van der Waals surface area (Å²) in [6.07, 6.45) is 3.78. The molecule has 5 rings (SSSR count). The van der Waals surface area contributed by atoms with Crippen molar-refractivity contribution in [2.75, 3.05) is 25.0 Å². The molecule has 2 saturated carbocycles. The van der Waals surface area contributed by atoms with Gasteiger partial charge in [0, 0.05) is 30.4 Å². The van der Waals surface area contributed by atoms with Crippen LogP contribution in [0.1, 0.15) is 57.1 Å². The average molecular weight is 466 g/mol. The van der Waals surface area contributed by atoms with E-state index >= 15 is 0 Å². The molecular weight excluding hydrogens is 430 g/mol. The van der Waals surface area contributed by atoms with Crippen LogP contribution in [0.5, 0.6) is 0 Å². The Kier molecular flexibility index (Phi) is 5.03. The first-order valence-corrected chi connectivity index (χ1v) is 12.2. The molecule has 0 radical (unpaired) electrons. The summed E-state index contributed by atoms with van der Waals surface area (Å²) in [6, 6.07) is 4.57. The van der Waals surface area contributed by atoms with Crippen molar-refractivity contribution in [1.29, 1.82) is 5.26 Å². The van der Waals surface area contributed by atoms with E-state index in [-0.39, 0.29) is 11.6 Å². The van der Waals surface area contributed by atoms with Crippen LogP contribution < -0.4 is 32.9 Å². The number of fused-ring (bicyclic) bond motifs is 1. The summed E-state index contributed by atoms with van der Waals surface area (Å²) < 4.78 is 1.19. The highest BCUT2D eigenvalue weighted by Gasteiger charge is 2.46. The lowest BCUT2D eigenvalue weighted by Gasteiger charge is -2.33. The Morgan fingerprint density at radius 1 is 1.26 bits per heavy atom. The van der Waals surface area contributed by atoms with E-state index in [1.54, 1.807) is 0 Å². The maximum Gasteiger partial charge on any atom is 0.330 e. The van der Waals surface area contributed by atoms with Gasteiger partial charge in [-0.05, 0) is 83.0 Å². The molecule has 2 aliphatic carbocycles. The lowest BCUT2D eigenvalue weighted by Crippen LogP contribution is -2.47. The molecule has 2 aromatic rings.